The van der Waals surface area contributed by atoms with Crippen LogP contribution in [0.2, 0.25) is 0 Å². The second-order valence-electron chi connectivity index (χ2n) is 12.7. The molecule has 13 nitrogen and oxygen atoms in total. The lowest BCUT2D eigenvalue weighted by Crippen LogP contribution is -2.39. The zero-order valence-electron chi connectivity index (χ0n) is 30.7. The Morgan fingerprint density at radius 3 is 1.22 bits per heavy atom. The maximum Gasteiger partial charge on any atom is 0.332 e. The zero-order valence-corrected chi connectivity index (χ0v) is 30.7. The first kappa shape index (κ1) is 42.5. The molecule has 0 bridgehead atoms. The highest BCUT2D eigenvalue weighted by Gasteiger charge is 2.21. The molecule has 0 amide bonds. The van der Waals surface area contributed by atoms with Crippen molar-refractivity contribution < 1.29 is 42.9 Å². The quantitative estimate of drug-likeness (QED) is 0.0659. The van der Waals surface area contributed by atoms with Crippen LogP contribution in [0.1, 0.15) is 71.1 Å². The summed E-state index contributed by atoms with van der Waals surface area (Å²) in [6.45, 7) is 7.24. The number of piperidine rings is 2. The third-order valence-electron chi connectivity index (χ3n) is 8.55. The highest BCUT2D eigenvalue weighted by atomic mass is 16.6. The zero-order chi connectivity index (χ0) is 36.4. The van der Waals surface area contributed by atoms with Gasteiger partial charge in [-0.2, -0.15) is 0 Å². The van der Waals surface area contributed by atoms with Crippen molar-refractivity contribution in [3.63, 3.8) is 0 Å². The van der Waals surface area contributed by atoms with E-state index in [0.717, 1.165) is 77.5 Å². The molecule has 2 rings (SSSR count). The van der Waals surface area contributed by atoms with Crippen LogP contribution in [0.15, 0.2) is 49.1 Å². The minimum absolute atomic E-state index is 0.156. The molecule has 0 spiro atoms. The van der Waals surface area contributed by atoms with E-state index in [0.29, 0.717) is 32.7 Å². The molecule has 50 heavy (non-hydrogen) atoms. The minimum Gasteiger partial charge on any atom is -0.462 e. The number of unbranched alkanes of at least 4 members (excludes halogenated alkanes) is 4. The Kier molecular flexibility index (Phi) is 22.2. The summed E-state index contributed by atoms with van der Waals surface area (Å²) >= 11 is 0. The molecular formula is C37H60N4O9. The lowest BCUT2D eigenvalue weighted by molar-refractivity contribution is -0.139. The molecule has 2 heterocycles. The van der Waals surface area contributed by atoms with Crippen molar-refractivity contribution in [3.05, 3.63) is 49.1 Å². The fourth-order valence-corrected chi connectivity index (χ4v) is 5.40. The number of ether oxygens (including phenoxy) is 5. The monoisotopic (exact) mass is 704 g/mol. The van der Waals surface area contributed by atoms with Gasteiger partial charge in [-0.3, -0.25) is 0 Å². The lowest BCUT2D eigenvalue weighted by atomic mass is 10.0. The van der Waals surface area contributed by atoms with Crippen LogP contribution in [0.3, 0.4) is 0 Å². The van der Waals surface area contributed by atoms with Gasteiger partial charge in [-0.05, 0) is 98.1 Å². The number of rotatable bonds is 23. The van der Waals surface area contributed by atoms with Gasteiger partial charge in [-0.15, -0.1) is 0 Å². The summed E-state index contributed by atoms with van der Waals surface area (Å²) in [4.78, 5) is 57.2. The van der Waals surface area contributed by atoms with Crippen molar-refractivity contribution in [2.24, 2.45) is 0 Å². The molecule has 0 saturated carbocycles. The Morgan fingerprint density at radius 2 is 0.880 bits per heavy atom. The Balaban J connectivity index is 1.69. The molecule has 2 aliphatic rings. The van der Waals surface area contributed by atoms with Crippen molar-refractivity contribution in [2.45, 2.75) is 83.2 Å². The average Bonchev–Trinajstić information content (AvgIpc) is 3.10. The summed E-state index contributed by atoms with van der Waals surface area (Å²) < 4.78 is 26.0. The second kappa shape index (κ2) is 26.2. The van der Waals surface area contributed by atoms with Gasteiger partial charge in [0.15, 0.2) is 0 Å². The largest absolute Gasteiger partial charge is 0.462 e. The first-order chi connectivity index (χ1) is 24.2. The summed E-state index contributed by atoms with van der Waals surface area (Å²) in [5, 5.41) is 0. The molecular weight excluding hydrogens is 644 g/mol. The van der Waals surface area contributed by atoms with E-state index in [9.17, 15) is 19.2 Å². The van der Waals surface area contributed by atoms with Crippen LogP contribution in [-0.4, -0.2) is 136 Å². The SMILES string of the molecule is CCCCOC(=O)/C=C/N(/C=C/C(=O)OCCCCCCOC(=O)/C=C/N(/C=C/C(=O)OCCOC)C1CCN(C)CC1)C1CCN(C)CC1. The molecule has 0 aromatic rings. The molecule has 282 valence electrons. The maximum atomic E-state index is 12.4. The number of likely N-dealkylation sites (tertiary alicyclic amines) is 2. The van der Waals surface area contributed by atoms with Crippen LogP contribution in [0.4, 0.5) is 0 Å². The molecule has 0 aliphatic carbocycles. The Bertz CT molecular complexity index is 1020. The van der Waals surface area contributed by atoms with E-state index in [4.69, 9.17) is 23.7 Å². The first-order valence-electron chi connectivity index (χ1n) is 18.0. The number of hydrogen-bond donors (Lipinski definition) is 0. The third-order valence-corrected chi connectivity index (χ3v) is 8.55. The third kappa shape index (κ3) is 19.5. The molecule has 0 aromatic carbocycles. The van der Waals surface area contributed by atoms with Crippen molar-refractivity contribution in [1.29, 1.82) is 0 Å². The van der Waals surface area contributed by atoms with E-state index in [1.54, 1.807) is 31.9 Å². The van der Waals surface area contributed by atoms with Crippen molar-refractivity contribution in [2.75, 3.05) is 80.4 Å². The fraction of sp³-hybridized carbons (Fsp3) is 0.676. The smallest absolute Gasteiger partial charge is 0.332 e. The van der Waals surface area contributed by atoms with Gasteiger partial charge in [-0.25, -0.2) is 19.2 Å². The van der Waals surface area contributed by atoms with Crippen molar-refractivity contribution >= 4 is 23.9 Å². The fourth-order valence-electron chi connectivity index (χ4n) is 5.40. The van der Waals surface area contributed by atoms with Crippen LogP contribution in [0.25, 0.3) is 0 Å². The number of carbonyl (C=O) groups excluding carboxylic acids is 4. The number of nitrogens with zero attached hydrogens (tertiary/aromatic N) is 4. The predicted molar refractivity (Wildman–Crippen MR) is 190 cm³/mol. The van der Waals surface area contributed by atoms with Gasteiger partial charge >= 0.3 is 23.9 Å². The number of carbonyl (C=O) groups is 4. The van der Waals surface area contributed by atoms with Gasteiger partial charge in [0.25, 0.3) is 0 Å². The van der Waals surface area contributed by atoms with E-state index in [-0.39, 0.29) is 25.3 Å². The summed E-state index contributed by atoms with van der Waals surface area (Å²) in [5.41, 5.74) is 0. The molecule has 2 fully saturated rings. The van der Waals surface area contributed by atoms with Gasteiger partial charge in [0, 0.05) is 68.3 Å². The molecule has 0 aromatic heterocycles. The molecule has 2 aliphatic heterocycles. The van der Waals surface area contributed by atoms with Crippen LogP contribution in [-0.2, 0) is 42.9 Å². The van der Waals surface area contributed by atoms with Crippen LogP contribution in [0.5, 0.6) is 0 Å². The van der Waals surface area contributed by atoms with Crippen LogP contribution in [0, 0.1) is 0 Å². The normalized spacial score (nSPS) is 16.8. The molecule has 0 N–H and O–H groups in total. The molecule has 0 radical (unpaired) electrons. The van der Waals surface area contributed by atoms with Gasteiger partial charge in [0.05, 0.1) is 26.4 Å². The van der Waals surface area contributed by atoms with Crippen molar-refractivity contribution in [3.8, 4) is 0 Å². The van der Waals surface area contributed by atoms with E-state index < -0.39 is 23.9 Å². The highest BCUT2D eigenvalue weighted by Crippen LogP contribution is 2.18. The Hall–Kier alpha value is -3.68. The number of methoxy groups -OCH3 is 1. The standard InChI is InChI=1S/C37H60N4O9/c1-5-6-27-47-34(42)15-23-40(32-11-19-38(2)20-12-32)24-16-35(43)48-28-9-7-8-10-29-49-36(44)17-25-41(33-13-21-39(3)22-14-33)26-18-37(45)50-31-30-46-4/h15-18,23-26,32-33H,5-14,19-22,27-31H2,1-4H3/b23-15+,24-16+,25-17+,26-18+. The molecule has 0 unspecified atom stereocenters. The van der Waals surface area contributed by atoms with E-state index in [1.165, 1.54) is 24.3 Å². The topological polar surface area (TPSA) is 127 Å². The van der Waals surface area contributed by atoms with E-state index in [1.807, 2.05) is 16.7 Å². The molecule has 13 heteroatoms. The number of esters is 4. The van der Waals surface area contributed by atoms with Gasteiger partial charge < -0.3 is 43.3 Å². The summed E-state index contributed by atoms with van der Waals surface area (Å²) in [7, 11) is 5.70. The second-order valence-corrected chi connectivity index (χ2v) is 12.7. The van der Waals surface area contributed by atoms with Gasteiger partial charge in [0.2, 0.25) is 0 Å². The van der Waals surface area contributed by atoms with E-state index >= 15 is 0 Å². The molecule has 2 saturated heterocycles. The van der Waals surface area contributed by atoms with Gasteiger partial charge in [-0.1, -0.05) is 13.3 Å². The van der Waals surface area contributed by atoms with Gasteiger partial charge in [0.1, 0.15) is 6.61 Å². The summed E-state index contributed by atoms with van der Waals surface area (Å²) in [6, 6.07) is 0.334. The predicted octanol–water partition coefficient (Wildman–Crippen LogP) is 4.01. The average molecular weight is 705 g/mol. The van der Waals surface area contributed by atoms with E-state index in [2.05, 4.69) is 23.9 Å². The maximum absolute atomic E-state index is 12.4. The Morgan fingerprint density at radius 1 is 0.540 bits per heavy atom. The van der Waals surface area contributed by atoms with Crippen LogP contribution < -0.4 is 0 Å². The van der Waals surface area contributed by atoms with Crippen LogP contribution >= 0.6 is 0 Å². The summed E-state index contributed by atoms with van der Waals surface area (Å²) in [5.74, 6) is -1.74. The summed E-state index contributed by atoms with van der Waals surface area (Å²) in [6.07, 6.45) is 20.7. The lowest BCUT2D eigenvalue weighted by Gasteiger charge is -2.34. The Labute approximate surface area is 298 Å². The highest BCUT2D eigenvalue weighted by molar-refractivity contribution is 5.83. The van der Waals surface area contributed by atoms with Crippen molar-refractivity contribution in [1.82, 2.24) is 19.6 Å². The minimum atomic E-state index is -0.470. The first-order valence-corrected chi connectivity index (χ1v) is 18.0. The molecule has 0 atom stereocenters. The number of hydrogen-bond acceptors (Lipinski definition) is 13.